The Morgan fingerprint density at radius 1 is 1.20 bits per heavy atom. The van der Waals surface area contributed by atoms with E-state index in [-0.39, 0.29) is 0 Å². The Balaban J connectivity index is 2.10. The third-order valence-corrected chi connectivity index (χ3v) is 2.20. The second kappa shape index (κ2) is 4.29. The first-order valence-electron chi connectivity index (χ1n) is 4.70. The zero-order valence-electron chi connectivity index (χ0n) is 8.11. The number of nitrogens with zero attached hydrogens (tertiary/aromatic N) is 2. The van der Waals surface area contributed by atoms with Gasteiger partial charge in [0.05, 0.1) is 12.2 Å². The van der Waals surface area contributed by atoms with E-state index in [0.29, 0.717) is 12.0 Å². The minimum Gasteiger partial charge on any atom is -0.423 e. The number of hydrazone groups is 1. The molecule has 0 radical (unpaired) electrons. The molecule has 0 aliphatic carbocycles. The molecular weight excluding hydrogens is 191 g/mol. The summed E-state index contributed by atoms with van der Waals surface area (Å²) in [4.78, 5) is 0. The van der Waals surface area contributed by atoms with E-state index < -0.39 is 7.12 Å². The maximum atomic E-state index is 8.91. The lowest BCUT2D eigenvalue weighted by atomic mass is 9.79. The van der Waals surface area contributed by atoms with Gasteiger partial charge in [-0.1, -0.05) is 24.3 Å². The number of allylic oxidation sites excluding steroid dienone is 1. The second-order valence-corrected chi connectivity index (χ2v) is 3.24. The zero-order chi connectivity index (χ0) is 10.7. The monoisotopic (exact) mass is 202 g/mol. The molecule has 0 aromatic heterocycles. The molecule has 0 amide bonds. The topological polar surface area (TPSA) is 56.1 Å². The van der Waals surface area contributed by atoms with Crippen molar-refractivity contribution in [3.05, 3.63) is 41.9 Å². The molecule has 0 spiro atoms. The molecule has 0 unspecified atom stereocenters. The standard InChI is InChI=1S/C10H11BN2O2/c14-11(15)9-6-7-13(12-8-9)10-4-2-1-3-5-10/h1-6,8,14-15H,7H2. The summed E-state index contributed by atoms with van der Waals surface area (Å²) in [5.41, 5.74) is 1.42. The number of hydrogen-bond donors (Lipinski definition) is 2. The van der Waals surface area contributed by atoms with Crippen molar-refractivity contribution in [2.75, 3.05) is 11.6 Å². The van der Waals surface area contributed by atoms with Crippen LogP contribution in [0.2, 0.25) is 0 Å². The van der Waals surface area contributed by atoms with Crippen LogP contribution >= 0.6 is 0 Å². The minimum absolute atomic E-state index is 0.433. The Morgan fingerprint density at radius 2 is 1.93 bits per heavy atom. The van der Waals surface area contributed by atoms with Crippen molar-refractivity contribution in [1.82, 2.24) is 0 Å². The van der Waals surface area contributed by atoms with Gasteiger partial charge >= 0.3 is 7.12 Å². The predicted octanol–water partition coefficient (Wildman–Crippen LogP) is 0.431. The predicted molar refractivity (Wildman–Crippen MR) is 60.6 cm³/mol. The van der Waals surface area contributed by atoms with Crippen molar-refractivity contribution in [3.8, 4) is 0 Å². The van der Waals surface area contributed by atoms with E-state index in [2.05, 4.69) is 5.10 Å². The molecule has 1 aliphatic heterocycles. The van der Waals surface area contributed by atoms with E-state index >= 15 is 0 Å². The molecule has 1 aromatic carbocycles. The summed E-state index contributed by atoms with van der Waals surface area (Å²) in [5, 5.41) is 23.7. The van der Waals surface area contributed by atoms with Crippen molar-refractivity contribution in [2.24, 2.45) is 5.10 Å². The highest BCUT2D eigenvalue weighted by Gasteiger charge is 2.16. The minimum atomic E-state index is -1.44. The van der Waals surface area contributed by atoms with Gasteiger partial charge in [0.1, 0.15) is 0 Å². The first kappa shape index (κ1) is 9.95. The lowest BCUT2D eigenvalue weighted by Gasteiger charge is -2.20. The van der Waals surface area contributed by atoms with E-state index in [9.17, 15) is 0 Å². The fraction of sp³-hybridized carbons (Fsp3) is 0.100. The fourth-order valence-electron chi connectivity index (χ4n) is 1.37. The summed E-state index contributed by atoms with van der Waals surface area (Å²) in [6.07, 6.45) is 3.20. The average Bonchev–Trinajstić information content (AvgIpc) is 2.30. The third kappa shape index (κ3) is 2.26. The van der Waals surface area contributed by atoms with Crippen molar-refractivity contribution >= 4 is 19.0 Å². The van der Waals surface area contributed by atoms with Gasteiger partial charge in [0.15, 0.2) is 0 Å². The lowest BCUT2D eigenvalue weighted by Crippen LogP contribution is -2.26. The molecule has 4 nitrogen and oxygen atoms in total. The molecule has 0 fully saturated rings. The van der Waals surface area contributed by atoms with Gasteiger partial charge in [-0.05, 0) is 17.6 Å². The van der Waals surface area contributed by atoms with E-state index in [1.807, 2.05) is 30.3 Å². The smallest absolute Gasteiger partial charge is 0.423 e. The molecule has 1 heterocycles. The van der Waals surface area contributed by atoms with Crippen LogP contribution in [0.15, 0.2) is 47.0 Å². The van der Waals surface area contributed by atoms with Crippen molar-refractivity contribution in [1.29, 1.82) is 0 Å². The van der Waals surface area contributed by atoms with Crippen LogP contribution in [0.1, 0.15) is 0 Å². The highest BCUT2D eigenvalue weighted by molar-refractivity contribution is 6.57. The lowest BCUT2D eigenvalue weighted by molar-refractivity contribution is 0.421. The Kier molecular flexibility index (Phi) is 2.85. The maximum Gasteiger partial charge on any atom is 0.489 e. The molecule has 0 saturated carbocycles. The maximum absolute atomic E-state index is 8.91. The fourth-order valence-corrected chi connectivity index (χ4v) is 1.37. The van der Waals surface area contributed by atoms with Crippen molar-refractivity contribution < 1.29 is 10.0 Å². The number of rotatable bonds is 2. The van der Waals surface area contributed by atoms with E-state index in [1.54, 1.807) is 11.1 Å². The number of benzene rings is 1. The van der Waals surface area contributed by atoms with Gasteiger partial charge < -0.3 is 10.0 Å². The normalized spacial score (nSPS) is 15.1. The Morgan fingerprint density at radius 3 is 2.47 bits per heavy atom. The quantitative estimate of drug-likeness (QED) is 0.683. The molecule has 0 atom stereocenters. The highest BCUT2D eigenvalue weighted by Crippen LogP contribution is 2.15. The summed E-state index contributed by atoms with van der Waals surface area (Å²) in [5.74, 6) is 0. The summed E-state index contributed by atoms with van der Waals surface area (Å²) >= 11 is 0. The summed E-state index contributed by atoms with van der Waals surface area (Å²) in [6.45, 7) is 0.549. The van der Waals surface area contributed by atoms with Crippen molar-refractivity contribution in [3.63, 3.8) is 0 Å². The van der Waals surface area contributed by atoms with Crippen LogP contribution in [0.3, 0.4) is 0 Å². The van der Waals surface area contributed by atoms with Gasteiger partial charge in [-0.3, -0.25) is 5.01 Å². The molecule has 0 saturated heterocycles. The van der Waals surface area contributed by atoms with Gasteiger partial charge in [0.2, 0.25) is 0 Å². The van der Waals surface area contributed by atoms with Gasteiger partial charge in [-0.25, -0.2) is 0 Å². The van der Waals surface area contributed by atoms with Crippen LogP contribution in [0, 0.1) is 0 Å². The number of para-hydroxylation sites is 1. The van der Waals surface area contributed by atoms with Gasteiger partial charge in [0, 0.05) is 6.21 Å². The molecule has 1 aliphatic rings. The largest absolute Gasteiger partial charge is 0.489 e. The van der Waals surface area contributed by atoms with Crippen LogP contribution in [-0.4, -0.2) is 29.9 Å². The average molecular weight is 202 g/mol. The Bertz CT molecular complexity index is 390. The molecule has 76 valence electrons. The second-order valence-electron chi connectivity index (χ2n) is 3.24. The molecular formula is C10H11BN2O2. The number of hydrogen-bond acceptors (Lipinski definition) is 4. The highest BCUT2D eigenvalue weighted by atomic mass is 16.4. The Labute approximate surface area is 88.3 Å². The van der Waals surface area contributed by atoms with Gasteiger partial charge in [0.25, 0.3) is 0 Å². The van der Waals surface area contributed by atoms with Crippen LogP contribution < -0.4 is 5.01 Å². The third-order valence-electron chi connectivity index (χ3n) is 2.20. The first-order chi connectivity index (χ1) is 7.27. The molecule has 15 heavy (non-hydrogen) atoms. The van der Waals surface area contributed by atoms with Crippen LogP contribution in [0.5, 0.6) is 0 Å². The molecule has 2 rings (SSSR count). The molecule has 2 N–H and O–H groups in total. The molecule has 1 aromatic rings. The van der Waals surface area contributed by atoms with E-state index in [4.69, 9.17) is 10.0 Å². The summed E-state index contributed by atoms with van der Waals surface area (Å²) < 4.78 is 0. The summed E-state index contributed by atoms with van der Waals surface area (Å²) in [6, 6.07) is 9.71. The van der Waals surface area contributed by atoms with Gasteiger partial charge in [-0.2, -0.15) is 5.10 Å². The zero-order valence-corrected chi connectivity index (χ0v) is 8.11. The van der Waals surface area contributed by atoms with Crippen LogP contribution in [0.25, 0.3) is 0 Å². The molecule has 5 heteroatoms. The number of anilines is 1. The van der Waals surface area contributed by atoms with E-state index in [0.717, 1.165) is 5.69 Å². The van der Waals surface area contributed by atoms with E-state index in [1.165, 1.54) is 6.21 Å². The van der Waals surface area contributed by atoms with Gasteiger partial charge in [-0.15, -0.1) is 0 Å². The van der Waals surface area contributed by atoms with Crippen LogP contribution in [-0.2, 0) is 0 Å². The van der Waals surface area contributed by atoms with Crippen molar-refractivity contribution in [2.45, 2.75) is 0 Å². The Hall–Kier alpha value is -1.59. The SMILES string of the molecule is OB(O)C1=CCN(c2ccccc2)N=C1. The first-order valence-corrected chi connectivity index (χ1v) is 4.70. The molecule has 0 bridgehead atoms. The summed E-state index contributed by atoms with van der Waals surface area (Å²) in [7, 11) is -1.44. The van der Waals surface area contributed by atoms with Crippen LogP contribution in [0.4, 0.5) is 5.69 Å².